The Labute approximate surface area is 477 Å². The van der Waals surface area contributed by atoms with Crippen LogP contribution in [0.1, 0.15) is 5.56 Å². The van der Waals surface area contributed by atoms with Gasteiger partial charge in [-0.05, 0) is 143 Å². The number of azo groups is 2. The average molecular weight is 1240 g/mol. The molecular weight excluding hydrogens is 1210 g/mol. The molecule has 0 amide bonds. The lowest BCUT2D eigenvalue weighted by Crippen LogP contribution is -2.06. The van der Waals surface area contributed by atoms with Gasteiger partial charge in [0.25, 0.3) is 40.5 Å². The van der Waals surface area contributed by atoms with Crippen molar-refractivity contribution < 1.29 is 62.1 Å². The van der Waals surface area contributed by atoms with E-state index in [0.717, 1.165) is 30.3 Å². The summed E-state index contributed by atoms with van der Waals surface area (Å²) in [6, 6.07) is 28.3. The second kappa shape index (κ2) is 21.9. The Morgan fingerprint density at radius 1 is 0.434 bits per heavy atom. The third-order valence-electron chi connectivity index (χ3n) is 11.9. The number of phenolic OH excluding ortho intramolecular Hbond substituents is 2. The quantitative estimate of drug-likeness (QED) is 0.0317. The number of anilines is 8. The first kappa shape index (κ1) is 57.0. The van der Waals surface area contributed by atoms with E-state index in [1.54, 1.807) is 30.3 Å². The number of hydrogen-bond donors (Lipinski definition) is 10. The molecule has 0 saturated heterocycles. The predicted molar refractivity (Wildman–Crippen MR) is 303 cm³/mol. The van der Waals surface area contributed by atoms with Crippen LogP contribution < -0.4 is 21.3 Å². The van der Waals surface area contributed by atoms with Gasteiger partial charge in [-0.2, -0.15) is 68.7 Å². The second-order valence-corrected chi connectivity index (χ2v) is 23.8. The summed E-state index contributed by atoms with van der Waals surface area (Å²) in [6.45, 7) is 1.49. The lowest BCUT2D eigenvalue weighted by atomic mass is 10.0. The molecule has 10 N–H and O–H groups in total. The minimum Gasteiger partial charge on any atom is -0.505 e. The van der Waals surface area contributed by atoms with E-state index in [0.29, 0.717) is 16.8 Å². The molecule has 0 atom stereocenters. The Bertz CT molecular complexity index is 4900. The maximum Gasteiger partial charge on any atom is 0.296 e. The molecule has 0 aliphatic rings. The third-order valence-corrected chi connectivity index (χ3v) is 15.7. The Kier molecular flexibility index (Phi) is 15.1. The van der Waals surface area contributed by atoms with E-state index in [4.69, 9.17) is 23.2 Å². The number of aryl methyl sites for hydroxylation is 1. The van der Waals surface area contributed by atoms with Crippen LogP contribution in [0, 0.1) is 6.92 Å². The first-order chi connectivity index (χ1) is 39.1. The summed E-state index contributed by atoms with van der Waals surface area (Å²) < 4.78 is 137. The van der Waals surface area contributed by atoms with Gasteiger partial charge in [0.2, 0.25) is 34.4 Å². The lowest BCUT2D eigenvalue weighted by Gasteiger charge is -2.15. The molecule has 0 fully saturated rings. The van der Waals surface area contributed by atoms with Crippen molar-refractivity contribution >= 4 is 165 Å². The maximum absolute atomic E-state index is 12.4. The van der Waals surface area contributed by atoms with Gasteiger partial charge in [0, 0.05) is 27.5 Å². The fourth-order valence-corrected chi connectivity index (χ4v) is 11.0. The van der Waals surface area contributed by atoms with E-state index in [1.807, 2.05) is 0 Å². The highest BCUT2D eigenvalue weighted by molar-refractivity contribution is 7.86. The topological polar surface area (TPSA) is 433 Å². The zero-order valence-corrected chi connectivity index (χ0v) is 46.2. The van der Waals surface area contributed by atoms with Gasteiger partial charge in [-0.25, -0.2) is 0 Å². The normalized spacial score (nSPS) is 12.4. The van der Waals surface area contributed by atoms with Gasteiger partial charge < -0.3 is 31.5 Å². The van der Waals surface area contributed by atoms with Gasteiger partial charge >= 0.3 is 0 Å². The van der Waals surface area contributed by atoms with Gasteiger partial charge in [-0.15, -0.1) is 15.3 Å². The number of aromatic nitrogens is 6. The monoisotopic (exact) mass is 1240 g/mol. The van der Waals surface area contributed by atoms with Gasteiger partial charge in [0.1, 0.15) is 26.9 Å². The molecule has 0 aliphatic carbocycles. The highest BCUT2D eigenvalue weighted by atomic mass is 35.5. The molecule has 0 radical (unpaired) electrons. The van der Waals surface area contributed by atoms with Crippen molar-refractivity contribution in [2.75, 3.05) is 21.3 Å². The first-order valence-electron chi connectivity index (χ1n) is 23.1. The first-order valence-corrected chi connectivity index (χ1v) is 29.6. The standard InChI is InChI=1S/C49H34Cl2N14O14S4/c1-23-17-26-20-31(81(71,72)73)22-36(40(26)43(67)41(23)65-63-33-6-2-3-7-38(33)83(77,78)79)55-49-59-45(51)57-47(61-49)53-28-12-10-27(11-13-28)52-46-56-44(50)58-48(60-46)54-35-21-30(80(68,69)70)19-25-9-16-34(42(66)39(25)35)64-62-29-14-15-32-24(18-29)5-4-8-37(32)82(74,75)76/h2-22,66-67H,1H3,(H,68,69,70)(H,71,72,73)(H,74,75,76)(H,77,78,79)(H2,52,54,56,58,60)(H2,53,55,57,59,61). The SMILES string of the molecule is Cc1cc2cc(S(=O)(=O)O)cc(Nc3nc(Cl)nc(Nc4ccc(Nc5nc(Cl)nc(Nc6cc(S(=O)(=O)O)cc7ccc(N=Nc8ccc9c(S(=O)(=O)O)cccc9c8)c(O)c67)n5)cc4)n3)c2c(O)c1N=Nc1ccccc1S(=O)(=O)O. The summed E-state index contributed by atoms with van der Waals surface area (Å²) in [5.41, 5.74) is 0.340. The predicted octanol–water partition coefficient (Wildman–Crippen LogP) is 11.3. The largest absolute Gasteiger partial charge is 0.505 e. The molecule has 0 bridgehead atoms. The molecule has 28 nitrogen and oxygen atoms in total. The van der Waals surface area contributed by atoms with E-state index < -0.39 is 66.7 Å². The fraction of sp³-hybridized carbons (Fsp3) is 0.0204. The number of fused-ring (bicyclic) bond motifs is 3. The van der Waals surface area contributed by atoms with Gasteiger partial charge in [0.05, 0.1) is 26.9 Å². The summed E-state index contributed by atoms with van der Waals surface area (Å²) in [5.74, 6) is -1.91. The van der Waals surface area contributed by atoms with Crippen LogP contribution in [0.15, 0.2) is 167 Å². The van der Waals surface area contributed by atoms with E-state index in [1.165, 1.54) is 73.7 Å². The Morgan fingerprint density at radius 3 is 1.49 bits per heavy atom. The molecule has 422 valence electrons. The minimum absolute atomic E-state index is 0.0180. The zero-order chi connectivity index (χ0) is 59.3. The van der Waals surface area contributed by atoms with Crippen LogP contribution in [0.25, 0.3) is 32.3 Å². The van der Waals surface area contributed by atoms with Crippen molar-refractivity contribution in [2.45, 2.75) is 26.5 Å². The molecule has 0 unspecified atom stereocenters. The molecule has 34 heteroatoms. The number of nitrogens with one attached hydrogen (secondary N) is 4. The third kappa shape index (κ3) is 12.6. The highest BCUT2D eigenvalue weighted by Gasteiger charge is 2.23. The number of halogens is 2. The summed E-state index contributed by atoms with van der Waals surface area (Å²) in [7, 11) is -18.9. The number of rotatable bonds is 16. The van der Waals surface area contributed by atoms with Gasteiger partial charge in [-0.3, -0.25) is 18.2 Å². The Morgan fingerprint density at radius 2 is 0.940 bits per heavy atom. The Hall–Kier alpha value is -9.22. The summed E-state index contributed by atoms with van der Waals surface area (Å²) in [4.78, 5) is 23.0. The van der Waals surface area contributed by atoms with Crippen molar-refractivity contribution in [3.63, 3.8) is 0 Å². The molecule has 0 aliphatic heterocycles. The van der Waals surface area contributed by atoms with Crippen LogP contribution in [0.4, 0.5) is 69.3 Å². The molecule has 10 aromatic rings. The summed E-state index contributed by atoms with van der Waals surface area (Å²) in [5, 5.41) is 51.0. The van der Waals surface area contributed by atoms with E-state index in [2.05, 4.69) is 71.6 Å². The maximum atomic E-state index is 12.4. The summed E-state index contributed by atoms with van der Waals surface area (Å²) in [6.07, 6.45) is 0. The molecule has 2 heterocycles. The summed E-state index contributed by atoms with van der Waals surface area (Å²) >= 11 is 12.6. The molecule has 8 aromatic carbocycles. The number of benzene rings is 8. The van der Waals surface area contributed by atoms with E-state index in [-0.39, 0.29) is 106 Å². The minimum atomic E-state index is -4.86. The molecule has 0 spiro atoms. The van der Waals surface area contributed by atoms with E-state index in [9.17, 15) is 62.1 Å². The van der Waals surface area contributed by atoms with Crippen LogP contribution in [0.2, 0.25) is 10.6 Å². The van der Waals surface area contributed by atoms with Crippen LogP contribution >= 0.6 is 23.2 Å². The Balaban J connectivity index is 0.892. The molecule has 2 aromatic heterocycles. The van der Waals surface area contributed by atoms with Crippen LogP contribution in [0.5, 0.6) is 11.5 Å². The number of nitrogens with zero attached hydrogens (tertiary/aromatic N) is 10. The molecule has 10 rings (SSSR count). The van der Waals surface area contributed by atoms with Gasteiger partial charge in [-0.1, -0.05) is 36.4 Å². The highest BCUT2D eigenvalue weighted by Crippen LogP contribution is 2.45. The van der Waals surface area contributed by atoms with Crippen LogP contribution in [0.3, 0.4) is 0 Å². The molecule has 83 heavy (non-hydrogen) atoms. The van der Waals surface area contributed by atoms with Crippen molar-refractivity contribution in [1.29, 1.82) is 0 Å². The molecular formula is C49H34Cl2N14O14S4. The lowest BCUT2D eigenvalue weighted by molar-refractivity contribution is 0.480. The number of hydrogen-bond acceptors (Lipinski definition) is 24. The van der Waals surface area contributed by atoms with Crippen LogP contribution in [-0.4, -0.2) is 92.0 Å². The zero-order valence-electron chi connectivity index (χ0n) is 41.4. The smallest absolute Gasteiger partial charge is 0.296 e. The second-order valence-electron chi connectivity index (χ2n) is 17.5. The number of phenols is 2. The van der Waals surface area contributed by atoms with Crippen molar-refractivity contribution in [2.24, 2.45) is 20.5 Å². The van der Waals surface area contributed by atoms with Gasteiger partial charge in [0.15, 0.2) is 11.5 Å². The van der Waals surface area contributed by atoms with Crippen molar-refractivity contribution in [3.8, 4) is 11.5 Å². The average Bonchev–Trinajstić information content (AvgIpc) is 1.94. The number of aromatic hydroxyl groups is 2. The molecule has 0 saturated carbocycles. The van der Waals surface area contributed by atoms with Crippen LogP contribution in [-0.2, 0) is 40.5 Å². The fourth-order valence-electron chi connectivity index (χ4n) is 8.29. The van der Waals surface area contributed by atoms with Crippen molar-refractivity contribution in [1.82, 2.24) is 29.9 Å². The van der Waals surface area contributed by atoms with Crippen molar-refractivity contribution in [3.05, 3.63) is 144 Å². The van der Waals surface area contributed by atoms with E-state index >= 15 is 0 Å².